The van der Waals surface area contributed by atoms with Crippen molar-refractivity contribution in [2.75, 3.05) is 6.61 Å². The number of hydrogen-bond acceptors (Lipinski definition) is 2. The van der Waals surface area contributed by atoms with Crippen LogP contribution in [0.3, 0.4) is 0 Å². The monoisotopic (exact) mass is 258 g/mol. The minimum absolute atomic E-state index is 0.138. The Morgan fingerprint density at radius 3 is 2.42 bits per heavy atom. The standard InChI is InChI=1S/C17H22O2/c1-12(2)11-19-15(5)17(18)14(4)10-16-8-6-13(3)7-9-16/h6-10,12H,5,11H2,1-4H3/b14-10+. The predicted octanol–water partition coefficient (Wildman–Crippen LogP) is 4.15. The predicted molar refractivity (Wildman–Crippen MR) is 79.8 cm³/mol. The van der Waals surface area contributed by atoms with Gasteiger partial charge < -0.3 is 4.74 Å². The van der Waals surface area contributed by atoms with Crippen molar-refractivity contribution in [2.24, 2.45) is 5.92 Å². The van der Waals surface area contributed by atoms with Gasteiger partial charge in [-0.1, -0.05) is 50.3 Å². The Labute approximate surface area is 115 Å². The number of hydrogen-bond donors (Lipinski definition) is 0. The fourth-order valence-electron chi connectivity index (χ4n) is 1.53. The maximum Gasteiger partial charge on any atom is 0.222 e. The molecule has 1 rings (SSSR count). The van der Waals surface area contributed by atoms with Gasteiger partial charge in [0.1, 0.15) is 0 Å². The molecule has 0 aliphatic carbocycles. The Balaban J connectivity index is 2.70. The van der Waals surface area contributed by atoms with Crippen LogP contribution < -0.4 is 0 Å². The van der Waals surface area contributed by atoms with E-state index in [0.29, 0.717) is 18.1 Å². The Hall–Kier alpha value is -1.83. The second-order valence-corrected chi connectivity index (χ2v) is 5.20. The van der Waals surface area contributed by atoms with Crippen molar-refractivity contribution >= 4 is 11.9 Å². The fraction of sp³-hybridized carbons (Fsp3) is 0.353. The molecule has 1 aromatic carbocycles. The maximum atomic E-state index is 12.0. The average molecular weight is 258 g/mol. The van der Waals surface area contributed by atoms with Gasteiger partial charge in [-0.15, -0.1) is 0 Å². The molecule has 0 bridgehead atoms. The third kappa shape index (κ3) is 5.12. The highest BCUT2D eigenvalue weighted by atomic mass is 16.5. The lowest BCUT2D eigenvalue weighted by Gasteiger charge is -2.10. The van der Waals surface area contributed by atoms with Crippen molar-refractivity contribution in [3.63, 3.8) is 0 Å². The van der Waals surface area contributed by atoms with Crippen LogP contribution in [0.15, 0.2) is 42.2 Å². The molecule has 0 aromatic heterocycles. The minimum atomic E-state index is -0.138. The van der Waals surface area contributed by atoms with Crippen LogP contribution in [0.25, 0.3) is 6.08 Å². The SMILES string of the molecule is C=C(OCC(C)C)C(=O)/C(C)=C/c1ccc(C)cc1. The fourth-order valence-corrected chi connectivity index (χ4v) is 1.53. The number of carbonyl (C=O) groups excluding carboxylic acids is 1. The second kappa shape index (κ2) is 6.93. The normalized spacial score (nSPS) is 11.5. The van der Waals surface area contributed by atoms with Gasteiger partial charge in [-0.2, -0.15) is 0 Å². The summed E-state index contributed by atoms with van der Waals surface area (Å²) in [5, 5.41) is 0. The number of allylic oxidation sites excluding steroid dienone is 1. The summed E-state index contributed by atoms with van der Waals surface area (Å²) >= 11 is 0. The van der Waals surface area contributed by atoms with Gasteiger partial charge in [-0.3, -0.25) is 4.79 Å². The first-order valence-electron chi connectivity index (χ1n) is 6.51. The van der Waals surface area contributed by atoms with Crippen molar-refractivity contribution in [1.29, 1.82) is 0 Å². The largest absolute Gasteiger partial charge is 0.490 e. The van der Waals surface area contributed by atoms with Crippen LogP contribution in [0.2, 0.25) is 0 Å². The Bertz CT molecular complexity index is 478. The number of Topliss-reactive ketones (excluding diaryl/α,β-unsaturated/α-hetero) is 1. The number of rotatable bonds is 6. The molecule has 102 valence electrons. The number of ketones is 1. The van der Waals surface area contributed by atoms with Crippen LogP contribution in [0.5, 0.6) is 0 Å². The van der Waals surface area contributed by atoms with Gasteiger partial charge >= 0.3 is 0 Å². The Kier molecular flexibility index (Phi) is 5.56. The number of benzene rings is 1. The average Bonchev–Trinajstić information content (AvgIpc) is 2.37. The van der Waals surface area contributed by atoms with Crippen LogP contribution >= 0.6 is 0 Å². The lowest BCUT2D eigenvalue weighted by molar-refractivity contribution is -0.115. The Morgan fingerprint density at radius 1 is 1.32 bits per heavy atom. The first-order valence-corrected chi connectivity index (χ1v) is 6.51. The zero-order valence-corrected chi connectivity index (χ0v) is 12.2. The van der Waals surface area contributed by atoms with Gasteiger partial charge in [0.25, 0.3) is 0 Å². The maximum absolute atomic E-state index is 12.0. The van der Waals surface area contributed by atoms with Gasteiger partial charge in [0.05, 0.1) is 6.61 Å². The van der Waals surface area contributed by atoms with E-state index < -0.39 is 0 Å². The summed E-state index contributed by atoms with van der Waals surface area (Å²) < 4.78 is 5.36. The Morgan fingerprint density at radius 2 is 1.89 bits per heavy atom. The van der Waals surface area contributed by atoms with E-state index in [-0.39, 0.29) is 11.5 Å². The van der Waals surface area contributed by atoms with Crippen LogP contribution in [-0.2, 0) is 9.53 Å². The highest BCUT2D eigenvalue weighted by Gasteiger charge is 2.11. The molecular weight excluding hydrogens is 236 g/mol. The summed E-state index contributed by atoms with van der Waals surface area (Å²) in [6.45, 7) is 12.1. The molecule has 0 heterocycles. The van der Waals surface area contributed by atoms with E-state index in [1.54, 1.807) is 6.92 Å². The van der Waals surface area contributed by atoms with Gasteiger partial charge in [0.15, 0.2) is 5.76 Å². The van der Waals surface area contributed by atoms with E-state index in [4.69, 9.17) is 4.74 Å². The lowest BCUT2D eigenvalue weighted by Crippen LogP contribution is -2.10. The summed E-state index contributed by atoms with van der Waals surface area (Å²) in [6.07, 6.45) is 1.85. The molecule has 0 aliphatic rings. The van der Waals surface area contributed by atoms with E-state index in [9.17, 15) is 4.79 Å². The summed E-state index contributed by atoms with van der Waals surface area (Å²) in [4.78, 5) is 12.0. The molecule has 19 heavy (non-hydrogen) atoms. The molecule has 0 fully saturated rings. The van der Waals surface area contributed by atoms with E-state index in [1.807, 2.05) is 51.1 Å². The summed E-state index contributed by atoms with van der Waals surface area (Å²) in [5.74, 6) is 0.460. The number of ether oxygens (including phenoxy) is 1. The molecule has 0 saturated heterocycles. The third-order valence-corrected chi connectivity index (χ3v) is 2.66. The van der Waals surface area contributed by atoms with E-state index in [1.165, 1.54) is 5.56 Å². The van der Waals surface area contributed by atoms with Crippen molar-refractivity contribution in [1.82, 2.24) is 0 Å². The summed E-state index contributed by atoms with van der Waals surface area (Å²) in [7, 11) is 0. The van der Waals surface area contributed by atoms with Crippen molar-refractivity contribution in [3.05, 3.63) is 53.3 Å². The quantitative estimate of drug-likeness (QED) is 0.566. The van der Waals surface area contributed by atoms with Crippen molar-refractivity contribution in [2.45, 2.75) is 27.7 Å². The smallest absolute Gasteiger partial charge is 0.222 e. The lowest BCUT2D eigenvalue weighted by atomic mass is 10.1. The van der Waals surface area contributed by atoms with Crippen LogP contribution in [0.4, 0.5) is 0 Å². The van der Waals surface area contributed by atoms with Gasteiger partial charge in [-0.05, 0) is 31.4 Å². The second-order valence-electron chi connectivity index (χ2n) is 5.20. The summed E-state index contributed by atoms with van der Waals surface area (Å²) in [6, 6.07) is 8.02. The van der Waals surface area contributed by atoms with E-state index >= 15 is 0 Å². The third-order valence-electron chi connectivity index (χ3n) is 2.66. The summed E-state index contributed by atoms with van der Waals surface area (Å²) in [5.41, 5.74) is 2.84. The minimum Gasteiger partial charge on any atom is -0.490 e. The van der Waals surface area contributed by atoms with Gasteiger partial charge in [0.2, 0.25) is 5.78 Å². The molecular formula is C17H22O2. The van der Waals surface area contributed by atoms with Crippen LogP contribution in [-0.4, -0.2) is 12.4 Å². The van der Waals surface area contributed by atoms with E-state index in [0.717, 1.165) is 5.56 Å². The molecule has 0 atom stereocenters. The van der Waals surface area contributed by atoms with Crippen molar-refractivity contribution < 1.29 is 9.53 Å². The number of aryl methyl sites for hydroxylation is 1. The zero-order valence-electron chi connectivity index (χ0n) is 12.2. The zero-order chi connectivity index (χ0) is 14.4. The van der Waals surface area contributed by atoms with E-state index in [2.05, 4.69) is 6.58 Å². The van der Waals surface area contributed by atoms with Gasteiger partial charge in [0, 0.05) is 5.57 Å². The molecule has 2 heteroatoms. The highest BCUT2D eigenvalue weighted by Crippen LogP contribution is 2.13. The topological polar surface area (TPSA) is 26.3 Å². The molecule has 2 nitrogen and oxygen atoms in total. The van der Waals surface area contributed by atoms with Crippen LogP contribution in [0.1, 0.15) is 31.9 Å². The molecule has 0 radical (unpaired) electrons. The molecule has 0 unspecified atom stereocenters. The molecule has 0 amide bonds. The molecule has 0 spiro atoms. The molecule has 0 N–H and O–H groups in total. The van der Waals surface area contributed by atoms with Gasteiger partial charge in [-0.25, -0.2) is 0 Å². The molecule has 1 aromatic rings. The first-order chi connectivity index (χ1) is 8.90. The first kappa shape index (κ1) is 15.2. The molecule has 0 aliphatic heterocycles. The van der Waals surface area contributed by atoms with Crippen LogP contribution in [0, 0.1) is 12.8 Å². The number of carbonyl (C=O) groups is 1. The molecule has 0 saturated carbocycles. The van der Waals surface area contributed by atoms with Crippen molar-refractivity contribution in [3.8, 4) is 0 Å². The highest BCUT2D eigenvalue weighted by molar-refractivity contribution is 6.08.